The van der Waals surface area contributed by atoms with Crippen LogP contribution >= 0.6 is 0 Å². The zero-order chi connectivity index (χ0) is 20.7. The van der Waals surface area contributed by atoms with Crippen LogP contribution in [0.25, 0.3) is 0 Å². The Morgan fingerprint density at radius 1 is 1.04 bits per heavy atom. The van der Waals surface area contributed by atoms with Crippen molar-refractivity contribution in [2.75, 3.05) is 12.4 Å². The van der Waals surface area contributed by atoms with Gasteiger partial charge in [0.05, 0.1) is 23.1 Å². The predicted octanol–water partition coefficient (Wildman–Crippen LogP) is 2.89. The Hall–Kier alpha value is -2.67. The highest BCUT2D eigenvalue weighted by atomic mass is 32.2. The maximum Gasteiger partial charge on any atom is 0.307 e. The summed E-state index contributed by atoms with van der Waals surface area (Å²) in [6.07, 6.45) is -0.309. The van der Waals surface area contributed by atoms with E-state index in [1.54, 1.807) is 12.1 Å². The van der Waals surface area contributed by atoms with Gasteiger partial charge in [-0.2, -0.15) is 0 Å². The van der Waals surface area contributed by atoms with Gasteiger partial charge in [0.15, 0.2) is 16.4 Å². The highest BCUT2D eigenvalue weighted by Gasteiger charge is 2.18. The molecule has 0 saturated heterocycles. The summed E-state index contributed by atoms with van der Waals surface area (Å²) in [5.41, 5.74) is 2.98. The third-order valence-electron chi connectivity index (χ3n) is 4.35. The first-order valence-electron chi connectivity index (χ1n) is 8.99. The lowest BCUT2D eigenvalue weighted by atomic mass is 10.0. The van der Waals surface area contributed by atoms with Crippen molar-refractivity contribution in [3.63, 3.8) is 0 Å². The molecule has 0 aliphatic rings. The van der Waals surface area contributed by atoms with Crippen molar-refractivity contribution < 1.29 is 22.7 Å². The summed E-state index contributed by atoms with van der Waals surface area (Å²) in [6.45, 7) is 5.21. The lowest BCUT2D eigenvalue weighted by Crippen LogP contribution is -2.31. The minimum atomic E-state index is -3.57. The molecule has 1 amide bonds. The quantitative estimate of drug-likeness (QED) is 0.685. The van der Waals surface area contributed by atoms with Gasteiger partial charge in [-0.15, -0.1) is 0 Å². The number of hydrogen-bond donors (Lipinski definition) is 1. The Balaban J connectivity index is 1.79. The molecule has 0 spiro atoms. The Morgan fingerprint density at radius 2 is 1.68 bits per heavy atom. The number of aryl methyl sites for hydroxylation is 2. The number of ether oxygens (including phenoxy) is 1. The Labute approximate surface area is 165 Å². The second-order valence-electron chi connectivity index (χ2n) is 6.69. The molecule has 0 radical (unpaired) electrons. The molecule has 0 saturated carbocycles. The molecule has 0 aromatic heterocycles. The van der Waals surface area contributed by atoms with Crippen LogP contribution in [0.1, 0.15) is 36.1 Å². The van der Waals surface area contributed by atoms with Crippen LogP contribution in [0, 0.1) is 13.8 Å². The van der Waals surface area contributed by atoms with Crippen molar-refractivity contribution in [1.82, 2.24) is 5.32 Å². The monoisotopic (exact) mass is 403 g/mol. The molecule has 2 aromatic carbocycles. The van der Waals surface area contributed by atoms with Crippen molar-refractivity contribution in [2.24, 2.45) is 0 Å². The van der Waals surface area contributed by atoms with Gasteiger partial charge in [-0.3, -0.25) is 9.59 Å². The van der Waals surface area contributed by atoms with Crippen molar-refractivity contribution in [3.8, 4) is 0 Å². The molecule has 28 heavy (non-hydrogen) atoms. The molecule has 1 atom stereocenters. The van der Waals surface area contributed by atoms with E-state index >= 15 is 0 Å². The molecule has 2 rings (SSSR count). The third kappa shape index (κ3) is 6.20. The molecule has 6 nitrogen and oxygen atoms in total. The first-order valence-corrected chi connectivity index (χ1v) is 10.6. The fourth-order valence-electron chi connectivity index (χ4n) is 2.73. The van der Waals surface area contributed by atoms with Crippen LogP contribution in [0.2, 0.25) is 0 Å². The molecular weight excluding hydrogens is 378 g/mol. The molecule has 1 unspecified atom stereocenters. The fraction of sp³-hybridized carbons (Fsp3) is 0.333. The van der Waals surface area contributed by atoms with Gasteiger partial charge >= 0.3 is 5.97 Å². The molecule has 0 aliphatic carbocycles. The lowest BCUT2D eigenvalue weighted by molar-refractivity contribution is -0.148. The average Bonchev–Trinajstić information content (AvgIpc) is 2.65. The number of carbonyl (C=O) groups excluding carboxylic acids is 2. The molecule has 2 aromatic rings. The fourth-order valence-corrected chi connectivity index (χ4v) is 3.95. The maximum absolute atomic E-state index is 12.2. The molecule has 7 heteroatoms. The summed E-state index contributed by atoms with van der Waals surface area (Å²) >= 11 is 0. The lowest BCUT2D eigenvalue weighted by Gasteiger charge is -2.16. The maximum atomic E-state index is 12.2. The van der Waals surface area contributed by atoms with Gasteiger partial charge in [-0.05, 0) is 44.0 Å². The number of amides is 1. The molecule has 0 bridgehead atoms. The molecule has 1 N–H and O–H groups in total. The van der Waals surface area contributed by atoms with Crippen LogP contribution in [0.3, 0.4) is 0 Å². The van der Waals surface area contributed by atoms with Crippen LogP contribution in [-0.2, 0) is 24.2 Å². The number of benzene rings is 2. The summed E-state index contributed by atoms with van der Waals surface area (Å²) in [7, 11) is -3.57. The summed E-state index contributed by atoms with van der Waals surface area (Å²) in [6, 6.07) is 13.9. The zero-order valence-electron chi connectivity index (χ0n) is 16.3. The van der Waals surface area contributed by atoms with Crippen LogP contribution in [0.4, 0.5) is 0 Å². The van der Waals surface area contributed by atoms with Crippen LogP contribution in [0.15, 0.2) is 53.4 Å². The third-order valence-corrected chi connectivity index (χ3v) is 6.08. The normalized spacial score (nSPS) is 12.2. The van der Waals surface area contributed by atoms with E-state index in [2.05, 4.69) is 5.32 Å². The predicted molar refractivity (Wildman–Crippen MR) is 107 cm³/mol. The molecule has 150 valence electrons. The highest BCUT2D eigenvalue weighted by molar-refractivity contribution is 7.91. The number of carbonyl (C=O) groups is 2. The SMILES string of the molecule is Cc1ccc(S(=O)(=O)CCC(=O)OCC(=O)NC(C)c2ccccc2C)cc1. The van der Waals surface area contributed by atoms with Crippen LogP contribution < -0.4 is 5.32 Å². The number of esters is 1. The number of hydrogen-bond acceptors (Lipinski definition) is 5. The van der Waals surface area contributed by atoms with E-state index in [0.717, 1.165) is 16.7 Å². The number of sulfone groups is 1. The Morgan fingerprint density at radius 3 is 2.32 bits per heavy atom. The average molecular weight is 404 g/mol. The largest absolute Gasteiger partial charge is 0.456 e. The van der Waals surface area contributed by atoms with E-state index in [4.69, 9.17) is 4.74 Å². The summed E-state index contributed by atoms with van der Waals surface area (Å²) in [4.78, 5) is 24.0. The Kier molecular flexibility index (Phi) is 7.34. The van der Waals surface area contributed by atoms with E-state index in [-0.39, 0.29) is 23.1 Å². The van der Waals surface area contributed by atoms with Crippen molar-refractivity contribution in [2.45, 2.75) is 38.1 Å². The van der Waals surface area contributed by atoms with Gasteiger partial charge < -0.3 is 10.1 Å². The minimum absolute atomic E-state index is 0.163. The van der Waals surface area contributed by atoms with E-state index in [9.17, 15) is 18.0 Å². The second kappa shape index (κ2) is 9.50. The summed E-state index contributed by atoms with van der Waals surface area (Å²) < 4.78 is 29.4. The molecule has 0 fully saturated rings. The van der Waals surface area contributed by atoms with Gasteiger partial charge in [0, 0.05) is 0 Å². The summed E-state index contributed by atoms with van der Waals surface area (Å²) in [5.74, 6) is -1.53. The van der Waals surface area contributed by atoms with Crippen molar-refractivity contribution >= 4 is 21.7 Å². The first kappa shape index (κ1) is 21.6. The van der Waals surface area contributed by atoms with Gasteiger partial charge in [-0.1, -0.05) is 42.0 Å². The van der Waals surface area contributed by atoms with E-state index in [0.29, 0.717) is 0 Å². The Bertz CT molecular complexity index is 936. The molecule has 0 heterocycles. The standard InChI is InChI=1S/C21H25NO5S/c1-15-8-10-18(11-9-15)28(25,26)13-12-21(24)27-14-20(23)22-17(3)19-7-5-4-6-16(19)2/h4-11,17H,12-14H2,1-3H3,(H,22,23). The highest BCUT2D eigenvalue weighted by Crippen LogP contribution is 2.16. The smallest absolute Gasteiger partial charge is 0.307 e. The first-order chi connectivity index (χ1) is 13.2. The van der Waals surface area contributed by atoms with Crippen LogP contribution in [-0.4, -0.2) is 32.7 Å². The van der Waals surface area contributed by atoms with Crippen LogP contribution in [0.5, 0.6) is 0 Å². The van der Waals surface area contributed by atoms with Crippen molar-refractivity contribution in [1.29, 1.82) is 0 Å². The van der Waals surface area contributed by atoms with Gasteiger partial charge in [0.1, 0.15) is 0 Å². The van der Waals surface area contributed by atoms with E-state index in [1.165, 1.54) is 12.1 Å². The van der Waals surface area contributed by atoms with E-state index in [1.807, 2.05) is 45.0 Å². The topological polar surface area (TPSA) is 89.5 Å². The van der Waals surface area contributed by atoms with Gasteiger partial charge in [0.25, 0.3) is 5.91 Å². The van der Waals surface area contributed by atoms with Gasteiger partial charge in [-0.25, -0.2) is 8.42 Å². The number of rotatable bonds is 8. The molecule has 0 aliphatic heterocycles. The summed E-state index contributed by atoms with van der Waals surface area (Å²) in [5, 5.41) is 2.76. The zero-order valence-corrected chi connectivity index (χ0v) is 17.1. The van der Waals surface area contributed by atoms with E-state index < -0.39 is 28.3 Å². The second-order valence-corrected chi connectivity index (χ2v) is 8.80. The minimum Gasteiger partial charge on any atom is -0.456 e. The van der Waals surface area contributed by atoms with Gasteiger partial charge in [0.2, 0.25) is 0 Å². The molecular formula is C21H25NO5S. The van der Waals surface area contributed by atoms with Crippen molar-refractivity contribution in [3.05, 3.63) is 65.2 Å². The number of nitrogens with one attached hydrogen (secondary N) is 1.